The van der Waals surface area contributed by atoms with Crippen molar-refractivity contribution in [2.45, 2.75) is 57.7 Å². The lowest BCUT2D eigenvalue weighted by Crippen LogP contribution is -2.46. The molecular formula is C14H29N3O2. The zero-order valence-electron chi connectivity index (χ0n) is 12.5. The second-order valence-corrected chi connectivity index (χ2v) is 5.82. The zero-order valence-corrected chi connectivity index (χ0v) is 12.5. The minimum absolute atomic E-state index is 0.241. The predicted octanol–water partition coefficient (Wildman–Crippen LogP) is 0.729. The number of likely N-dealkylation sites (N-methyl/N-ethyl adjacent to an activating group) is 1. The summed E-state index contributed by atoms with van der Waals surface area (Å²) in [4.78, 5) is 13.6. The first kappa shape index (κ1) is 16.4. The van der Waals surface area contributed by atoms with E-state index < -0.39 is 0 Å². The molecule has 1 amide bonds. The topological polar surface area (TPSA) is 67.6 Å². The number of hydrogen-bond donors (Lipinski definition) is 2. The van der Waals surface area contributed by atoms with Crippen LogP contribution in [0.5, 0.6) is 0 Å². The van der Waals surface area contributed by atoms with Crippen LogP contribution in [0, 0.1) is 0 Å². The minimum Gasteiger partial charge on any atom is -0.377 e. The molecule has 1 aliphatic heterocycles. The minimum atomic E-state index is -0.268. The molecule has 1 saturated heterocycles. The SMILES string of the molecule is CC(C)NC(CCN(C)CC1CCCCO1)C(N)=O. The van der Waals surface area contributed by atoms with E-state index in [0.29, 0.717) is 6.10 Å². The lowest BCUT2D eigenvalue weighted by Gasteiger charge is -2.28. The Labute approximate surface area is 116 Å². The summed E-state index contributed by atoms with van der Waals surface area (Å²) in [6.45, 7) is 6.72. The first-order valence-corrected chi connectivity index (χ1v) is 7.34. The van der Waals surface area contributed by atoms with E-state index in [1.807, 2.05) is 13.8 Å². The first-order chi connectivity index (χ1) is 8.99. The first-order valence-electron chi connectivity index (χ1n) is 7.34. The van der Waals surface area contributed by atoms with Gasteiger partial charge >= 0.3 is 0 Å². The van der Waals surface area contributed by atoms with Crippen molar-refractivity contribution in [1.29, 1.82) is 0 Å². The molecule has 19 heavy (non-hydrogen) atoms. The van der Waals surface area contributed by atoms with E-state index in [1.54, 1.807) is 0 Å². The summed E-state index contributed by atoms with van der Waals surface area (Å²) in [5, 5.41) is 3.21. The zero-order chi connectivity index (χ0) is 14.3. The average Bonchev–Trinajstić information content (AvgIpc) is 2.35. The Morgan fingerprint density at radius 2 is 2.21 bits per heavy atom. The van der Waals surface area contributed by atoms with Gasteiger partial charge in [0.05, 0.1) is 12.1 Å². The van der Waals surface area contributed by atoms with Gasteiger partial charge in [0, 0.05) is 19.2 Å². The average molecular weight is 271 g/mol. The Balaban J connectivity index is 2.26. The summed E-state index contributed by atoms with van der Waals surface area (Å²) < 4.78 is 5.72. The summed E-state index contributed by atoms with van der Waals surface area (Å²) >= 11 is 0. The second-order valence-electron chi connectivity index (χ2n) is 5.82. The van der Waals surface area contributed by atoms with Gasteiger partial charge in [0.25, 0.3) is 0 Å². The molecule has 0 radical (unpaired) electrons. The van der Waals surface area contributed by atoms with Gasteiger partial charge in [-0.15, -0.1) is 0 Å². The maximum absolute atomic E-state index is 11.4. The van der Waals surface area contributed by atoms with E-state index in [0.717, 1.165) is 32.5 Å². The van der Waals surface area contributed by atoms with Gasteiger partial charge in [-0.3, -0.25) is 4.79 Å². The van der Waals surface area contributed by atoms with Gasteiger partial charge in [0.15, 0.2) is 0 Å². The van der Waals surface area contributed by atoms with E-state index in [9.17, 15) is 4.79 Å². The molecule has 5 nitrogen and oxygen atoms in total. The molecule has 1 rings (SSSR count). The van der Waals surface area contributed by atoms with Crippen molar-refractivity contribution >= 4 is 5.91 Å². The van der Waals surface area contributed by atoms with E-state index in [4.69, 9.17) is 10.5 Å². The third-order valence-corrected chi connectivity index (χ3v) is 3.47. The van der Waals surface area contributed by atoms with Crippen molar-refractivity contribution in [1.82, 2.24) is 10.2 Å². The van der Waals surface area contributed by atoms with Crippen LogP contribution >= 0.6 is 0 Å². The molecule has 0 aromatic heterocycles. The number of primary amides is 1. The summed E-state index contributed by atoms with van der Waals surface area (Å²) in [6.07, 6.45) is 4.69. The summed E-state index contributed by atoms with van der Waals surface area (Å²) in [5.41, 5.74) is 5.41. The maximum atomic E-state index is 11.4. The van der Waals surface area contributed by atoms with Crippen LogP contribution in [0.2, 0.25) is 0 Å². The molecule has 5 heteroatoms. The summed E-state index contributed by atoms with van der Waals surface area (Å²) in [5.74, 6) is -0.268. The number of nitrogens with zero attached hydrogens (tertiary/aromatic N) is 1. The number of ether oxygens (including phenoxy) is 1. The molecule has 0 spiro atoms. The summed E-state index contributed by atoms with van der Waals surface area (Å²) in [7, 11) is 2.07. The largest absolute Gasteiger partial charge is 0.377 e. The number of carbonyl (C=O) groups excluding carboxylic acids is 1. The van der Waals surface area contributed by atoms with Gasteiger partial charge in [0.1, 0.15) is 0 Å². The lowest BCUT2D eigenvalue weighted by atomic mass is 10.1. The quantitative estimate of drug-likeness (QED) is 0.683. The third-order valence-electron chi connectivity index (χ3n) is 3.47. The second kappa shape index (κ2) is 8.51. The predicted molar refractivity (Wildman–Crippen MR) is 77.0 cm³/mol. The molecule has 0 bridgehead atoms. The number of carbonyl (C=O) groups is 1. The van der Waals surface area contributed by atoms with Crippen LogP contribution in [0.4, 0.5) is 0 Å². The Kier molecular flexibility index (Phi) is 7.34. The Morgan fingerprint density at radius 1 is 1.47 bits per heavy atom. The highest BCUT2D eigenvalue weighted by Crippen LogP contribution is 2.13. The van der Waals surface area contributed by atoms with Crippen LogP contribution in [0.1, 0.15) is 39.5 Å². The van der Waals surface area contributed by atoms with Crippen molar-refractivity contribution in [2.75, 3.05) is 26.7 Å². The molecule has 0 aliphatic carbocycles. The maximum Gasteiger partial charge on any atom is 0.234 e. The van der Waals surface area contributed by atoms with Crippen molar-refractivity contribution in [2.24, 2.45) is 5.73 Å². The monoisotopic (exact) mass is 271 g/mol. The highest BCUT2D eigenvalue weighted by molar-refractivity contribution is 5.79. The van der Waals surface area contributed by atoms with Crippen molar-refractivity contribution in [3.63, 3.8) is 0 Å². The van der Waals surface area contributed by atoms with E-state index >= 15 is 0 Å². The molecule has 1 aliphatic rings. The van der Waals surface area contributed by atoms with Crippen LogP contribution in [0.25, 0.3) is 0 Å². The van der Waals surface area contributed by atoms with Gasteiger partial charge in [-0.2, -0.15) is 0 Å². The van der Waals surface area contributed by atoms with Gasteiger partial charge in [-0.05, 0) is 39.3 Å². The lowest BCUT2D eigenvalue weighted by molar-refractivity contribution is -0.120. The smallest absolute Gasteiger partial charge is 0.234 e. The van der Waals surface area contributed by atoms with Gasteiger partial charge in [-0.25, -0.2) is 0 Å². The molecule has 0 aromatic carbocycles. The molecule has 1 heterocycles. The number of amides is 1. The standard InChI is InChI=1S/C14H29N3O2/c1-11(2)16-13(14(15)18)7-8-17(3)10-12-6-4-5-9-19-12/h11-13,16H,4-10H2,1-3H3,(H2,15,18). The fraction of sp³-hybridized carbons (Fsp3) is 0.929. The Bertz CT molecular complexity index is 265. The highest BCUT2D eigenvalue weighted by atomic mass is 16.5. The van der Waals surface area contributed by atoms with Crippen LogP contribution in [0.15, 0.2) is 0 Å². The van der Waals surface area contributed by atoms with Crippen LogP contribution in [-0.4, -0.2) is 55.7 Å². The van der Waals surface area contributed by atoms with E-state index in [2.05, 4.69) is 17.3 Å². The number of nitrogens with two attached hydrogens (primary N) is 1. The van der Waals surface area contributed by atoms with Crippen LogP contribution in [-0.2, 0) is 9.53 Å². The molecule has 112 valence electrons. The third kappa shape index (κ3) is 6.89. The van der Waals surface area contributed by atoms with Crippen LogP contribution < -0.4 is 11.1 Å². The summed E-state index contributed by atoms with van der Waals surface area (Å²) in [6, 6.07) is 0.0270. The fourth-order valence-electron chi connectivity index (χ4n) is 2.45. The Morgan fingerprint density at radius 3 is 2.74 bits per heavy atom. The molecule has 0 saturated carbocycles. The van der Waals surface area contributed by atoms with Gasteiger partial charge in [0.2, 0.25) is 5.91 Å². The molecule has 3 N–H and O–H groups in total. The number of hydrogen-bond acceptors (Lipinski definition) is 4. The normalized spacial score (nSPS) is 21.8. The molecular weight excluding hydrogens is 242 g/mol. The van der Waals surface area contributed by atoms with Gasteiger partial charge in [-0.1, -0.05) is 13.8 Å². The van der Waals surface area contributed by atoms with E-state index in [1.165, 1.54) is 12.8 Å². The highest BCUT2D eigenvalue weighted by Gasteiger charge is 2.19. The van der Waals surface area contributed by atoms with Gasteiger partial charge < -0.3 is 20.7 Å². The molecule has 2 unspecified atom stereocenters. The number of nitrogens with one attached hydrogen (secondary N) is 1. The molecule has 2 atom stereocenters. The fourth-order valence-corrected chi connectivity index (χ4v) is 2.45. The molecule has 0 aromatic rings. The van der Waals surface area contributed by atoms with E-state index in [-0.39, 0.29) is 18.0 Å². The Hall–Kier alpha value is -0.650. The number of rotatable bonds is 8. The van der Waals surface area contributed by atoms with Crippen LogP contribution in [0.3, 0.4) is 0 Å². The molecule has 1 fully saturated rings. The van der Waals surface area contributed by atoms with Crippen molar-refractivity contribution < 1.29 is 9.53 Å². The van der Waals surface area contributed by atoms with Crippen molar-refractivity contribution in [3.05, 3.63) is 0 Å². The van der Waals surface area contributed by atoms with Crippen molar-refractivity contribution in [3.8, 4) is 0 Å².